The summed E-state index contributed by atoms with van der Waals surface area (Å²) >= 11 is 0. The number of unbranched alkanes of at least 4 members (excludes halogenated alkanes) is 6. The molecule has 232 valence electrons. The Bertz CT molecular complexity index is 905. The van der Waals surface area contributed by atoms with Crippen molar-refractivity contribution in [3.8, 4) is 0 Å². The molecule has 0 saturated heterocycles. The molecule has 2 aromatic rings. The Kier molecular flexibility index (Phi) is 20.8. The molecule has 0 bridgehead atoms. The van der Waals surface area contributed by atoms with E-state index in [9.17, 15) is 0 Å². The van der Waals surface area contributed by atoms with Crippen LogP contribution in [-0.4, -0.2) is 11.4 Å². The zero-order valence-corrected chi connectivity index (χ0v) is 28.4. The summed E-state index contributed by atoms with van der Waals surface area (Å²) < 4.78 is 0. The number of aryl methyl sites for hydroxylation is 4. The van der Waals surface area contributed by atoms with Gasteiger partial charge in [0, 0.05) is 16.5 Å². The SMILES string of the molecule is CCCCCCC(=Nc1cc(CCC)cc(CCC)c1)C(CCCCCC)=Nc1cc(CCC)cc(CCC)c1.[Ni]. The second kappa shape index (κ2) is 22.8. The largest absolute Gasteiger partial charge is 0.252 e. The molecule has 0 aliphatic heterocycles. The molecule has 2 aromatic carbocycles. The number of hydrogen-bond donors (Lipinski definition) is 0. The van der Waals surface area contributed by atoms with Crippen molar-refractivity contribution in [2.45, 2.75) is 157 Å². The van der Waals surface area contributed by atoms with Crippen molar-refractivity contribution in [2.24, 2.45) is 9.98 Å². The van der Waals surface area contributed by atoms with E-state index in [1.54, 1.807) is 0 Å². The summed E-state index contributed by atoms with van der Waals surface area (Å²) in [6, 6.07) is 14.2. The molecular weight excluding hydrogens is 543 g/mol. The third kappa shape index (κ3) is 14.8. The summed E-state index contributed by atoms with van der Waals surface area (Å²) in [6.45, 7) is 13.7. The van der Waals surface area contributed by atoms with E-state index < -0.39 is 0 Å². The topological polar surface area (TPSA) is 24.7 Å². The van der Waals surface area contributed by atoms with Gasteiger partial charge in [-0.05, 0) is 97.9 Å². The van der Waals surface area contributed by atoms with Crippen molar-refractivity contribution >= 4 is 22.8 Å². The smallest absolute Gasteiger partial charge is 0.0639 e. The van der Waals surface area contributed by atoms with Crippen LogP contribution < -0.4 is 0 Å². The molecule has 0 aromatic heterocycles. The average molecular weight is 604 g/mol. The van der Waals surface area contributed by atoms with E-state index >= 15 is 0 Å². The summed E-state index contributed by atoms with van der Waals surface area (Å²) in [5.74, 6) is 0. The Morgan fingerprint density at radius 2 is 0.732 bits per heavy atom. The van der Waals surface area contributed by atoms with Crippen LogP contribution in [0.1, 0.15) is 154 Å². The molecule has 0 spiro atoms. The quantitative estimate of drug-likeness (QED) is 0.0770. The first-order valence-electron chi connectivity index (χ1n) is 17.0. The molecule has 0 saturated carbocycles. The minimum Gasteiger partial charge on any atom is -0.252 e. The van der Waals surface area contributed by atoms with E-state index in [-0.39, 0.29) is 16.5 Å². The number of nitrogens with zero attached hydrogens (tertiary/aromatic N) is 2. The predicted molar refractivity (Wildman–Crippen MR) is 181 cm³/mol. The standard InChI is InChI=1S/C38H60N2.Ni/c1-7-13-15-17-23-37(39-35-27-31(19-9-3)25-32(28-35)20-10-4)38(24-18-16-14-8-2)40-36-29-33(21-11-5)26-34(30-36)22-12-6;/h25-30H,7-24H2,1-6H3;. The zero-order valence-electron chi connectivity index (χ0n) is 27.4. The molecule has 0 fully saturated rings. The molecular formula is C38H60N2Ni. The van der Waals surface area contributed by atoms with Crippen LogP contribution >= 0.6 is 0 Å². The fraction of sp³-hybridized carbons (Fsp3) is 0.632. The Morgan fingerprint density at radius 3 is 1.00 bits per heavy atom. The minimum atomic E-state index is 0. The van der Waals surface area contributed by atoms with Crippen molar-refractivity contribution in [1.29, 1.82) is 0 Å². The summed E-state index contributed by atoms with van der Waals surface area (Å²) in [5.41, 5.74) is 10.4. The second-order valence-corrected chi connectivity index (χ2v) is 11.8. The monoisotopic (exact) mass is 602 g/mol. The Balaban J connectivity index is 0.00000840. The Labute approximate surface area is 264 Å². The van der Waals surface area contributed by atoms with Crippen LogP contribution in [0.15, 0.2) is 46.4 Å². The van der Waals surface area contributed by atoms with Crippen molar-refractivity contribution in [3.63, 3.8) is 0 Å². The van der Waals surface area contributed by atoms with E-state index in [1.807, 2.05) is 0 Å². The number of rotatable bonds is 21. The van der Waals surface area contributed by atoms with Gasteiger partial charge in [0.2, 0.25) is 0 Å². The first-order chi connectivity index (χ1) is 19.6. The fourth-order valence-corrected chi connectivity index (χ4v) is 5.63. The first kappa shape index (κ1) is 37.3. The average Bonchev–Trinajstić information content (AvgIpc) is 2.93. The molecule has 0 aliphatic rings. The maximum Gasteiger partial charge on any atom is 0.0639 e. The molecule has 3 heteroatoms. The van der Waals surface area contributed by atoms with Gasteiger partial charge < -0.3 is 0 Å². The van der Waals surface area contributed by atoms with Crippen LogP contribution in [0.3, 0.4) is 0 Å². The van der Waals surface area contributed by atoms with Gasteiger partial charge in [-0.3, -0.25) is 9.98 Å². The summed E-state index contributed by atoms with van der Waals surface area (Å²) in [5, 5.41) is 0. The molecule has 0 radical (unpaired) electrons. The van der Waals surface area contributed by atoms with Crippen LogP contribution in [0.25, 0.3) is 0 Å². The molecule has 0 atom stereocenters. The summed E-state index contributed by atoms with van der Waals surface area (Å²) in [7, 11) is 0. The maximum atomic E-state index is 5.44. The molecule has 41 heavy (non-hydrogen) atoms. The zero-order chi connectivity index (χ0) is 29.0. The Morgan fingerprint density at radius 1 is 0.415 bits per heavy atom. The molecule has 2 nitrogen and oxygen atoms in total. The van der Waals surface area contributed by atoms with Crippen molar-refractivity contribution in [2.75, 3.05) is 0 Å². The van der Waals surface area contributed by atoms with Gasteiger partial charge in [0.15, 0.2) is 0 Å². The van der Waals surface area contributed by atoms with Gasteiger partial charge in [-0.2, -0.15) is 0 Å². The number of aliphatic imine (C=N–C) groups is 2. The van der Waals surface area contributed by atoms with Crippen molar-refractivity contribution in [1.82, 2.24) is 0 Å². The van der Waals surface area contributed by atoms with Gasteiger partial charge in [0.1, 0.15) is 0 Å². The maximum absolute atomic E-state index is 5.44. The van der Waals surface area contributed by atoms with Gasteiger partial charge >= 0.3 is 0 Å². The Hall–Kier alpha value is -1.73. The minimum absolute atomic E-state index is 0. The van der Waals surface area contributed by atoms with Crippen molar-refractivity contribution in [3.05, 3.63) is 58.7 Å². The summed E-state index contributed by atoms with van der Waals surface area (Å²) in [6.07, 6.45) is 21.2. The molecule has 0 amide bonds. The van der Waals surface area contributed by atoms with Crippen molar-refractivity contribution < 1.29 is 16.5 Å². The van der Waals surface area contributed by atoms with E-state index in [2.05, 4.69) is 77.9 Å². The van der Waals surface area contributed by atoms with Gasteiger partial charge in [-0.15, -0.1) is 0 Å². The van der Waals surface area contributed by atoms with E-state index in [0.29, 0.717) is 0 Å². The molecule has 0 heterocycles. The van der Waals surface area contributed by atoms with Crippen LogP contribution in [0.5, 0.6) is 0 Å². The number of hydrogen-bond acceptors (Lipinski definition) is 2. The first-order valence-corrected chi connectivity index (χ1v) is 17.0. The summed E-state index contributed by atoms with van der Waals surface area (Å²) in [4.78, 5) is 10.9. The fourth-order valence-electron chi connectivity index (χ4n) is 5.63. The van der Waals surface area contributed by atoms with E-state index in [0.717, 1.165) is 49.9 Å². The molecule has 0 aliphatic carbocycles. The van der Waals surface area contributed by atoms with Crippen LogP contribution in [-0.2, 0) is 42.2 Å². The molecule has 2 rings (SSSR count). The van der Waals surface area contributed by atoms with E-state index in [1.165, 1.54) is 111 Å². The number of benzene rings is 2. The van der Waals surface area contributed by atoms with E-state index in [4.69, 9.17) is 9.98 Å². The third-order valence-electron chi connectivity index (χ3n) is 7.62. The third-order valence-corrected chi connectivity index (χ3v) is 7.62. The van der Waals surface area contributed by atoms with Crippen LogP contribution in [0, 0.1) is 0 Å². The van der Waals surface area contributed by atoms with Gasteiger partial charge in [-0.25, -0.2) is 0 Å². The molecule has 0 unspecified atom stereocenters. The van der Waals surface area contributed by atoms with Gasteiger partial charge in [-0.1, -0.05) is 118 Å². The normalized spacial score (nSPS) is 12.0. The van der Waals surface area contributed by atoms with Crippen LogP contribution in [0.4, 0.5) is 11.4 Å². The molecule has 0 N–H and O–H groups in total. The van der Waals surface area contributed by atoms with Crippen LogP contribution in [0.2, 0.25) is 0 Å². The second-order valence-electron chi connectivity index (χ2n) is 11.8. The predicted octanol–water partition coefficient (Wildman–Crippen LogP) is 12.3. The van der Waals surface area contributed by atoms with Gasteiger partial charge in [0.25, 0.3) is 0 Å². The van der Waals surface area contributed by atoms with Gasteiger partial charge in [0.05, 0.1) is 22.8 Å².